The fraction of sp³-hybridized carbons (Fsp3) is 0.480. The average molecular weight is 363 g/mol. The van der Waals surface area contributed by atoms with E-state index in [0.717, 1.165) is 5.69 Å². The van der Waals surface area contributed by atoms with Crippen molar-refractivity contribution in [2.75, 3.05) is 11.9 Å². The zero-order valence-electron chi connectivity index (χ0n) is 18.0. The topological polar surface area (TPSA) is 15.6 Å². The van der Waals surface area contributed by atoms with Crippen LogP contribution in [0.5, 0.6) is 0 Å². The first-order valence-corrected chi connectivity index (χ1v) is 10.3. The van der Waals surface area contributed by atoms with Crippen molar-refractivity contribution in [1.29, 1.82) is 0 Å². The van der Waals surface area contributed by atoms with Gasteiger partial charge in [0.25, 0.3) is 0 Å². The number of anilines is 1. The number of aliphatic imine (C=N–C) groups is 1. The molecule has 2 heteroatoms. The molecular weight excluding hydrogens is 328 g/mol. The summed E-state index contributed by atoms with van der Waals surface area (Å²) in [6.07, 6.45) is 4.37. The molecule has 144 valence electrons. The van der Waals surface area contributed by atoms with Gasteiger partial charge in [0.15, 0.2) is 0 Å². The molecule has 0 N–H and O–H groups in total. The number of rotatable bonds is 4. The molecule has 0 saturated carbocycles. The summed E-state index contributed by atoms with van der Waals surface area (Å²) in [6.45, 7) is 13.7. The maximum atomic E-state index is 4.75. The van der Waals surface area contributed by atoms with Gasteiger partial charge in [-0.2, -0.15) is 0 Å². The number of nitrogens with zero attached hydrogens (tertiary/aromatic N) is 2. The molecule has 0 saturated heterocycles. The summed E-state index contributed by atoms with van der Waals surface area (Å²) in [5.41, 5.74) is 7.92. The highest BCUT2D eigenvalue weighted by atomic mass is 15.2. The van der Waals surface area contributed by atoms with Gasteiger partial charge in [0.1, 0.15) is 0 Å². The number of fused-ring (bicyclic) bond motifs is 1. The van der Waals surface area contributed by atoms with Crippen molar-refractivity contribution in [1.82, 2.24) is 0 Å². The van der Waals surface area contributed by atoms with Crippen LogP contribution in [0, 0.1) is 6.92 Å². The Morgan fingerprint density at radius 2 is 1.89 bits per heavy atom. The van der Waals surface area contributed by atoms with E-state index in [1.54, 1.807) is 0 Å². The Bertz CT molecular complexity index is 830. The number of aryl methyl sites for hydroxylation is 1. The minimum absolute atomic E-state index is 0.200. The van der Waals surface area contributed by atoms with Gasteiger partial charge < -0.3 is 4.90 Å². The first-order chi connectivity index (χ1) is 12.7. The Balaban J connectivity index is 1.88. The van der Waals surface area contributed by atoms with Gasteiger partial charge in [-0.1, -0.05) is 32.9 Å². The molecule has 0 bridgehead atoms. The predicted octanol–water partition coefficient (Wildman–Crippen LogP) is 6.98. The van der Waals surface area contributed by atoms with Crippen LogP contribution in [0.2, 0.25) is 0 Å². The molecule has 0 spiro atoms. The Morgan fingerprint density at radius 3 is 2.52 bits per heavy atom. The quantitative estimate of drug-likeness (QED) is 0.536. The summed E-state index contributed by atoms with van der Waals surface area (Å²) >= 11 is 0. The maximum absolute atomic E-state index is 4.75. The van der Waals surface area contributed by atoms with E-state index < -0.39 is 0 Å². The Kier molecular flexibility index (Phi) is 5.46. The lowest BCUT2D eigenvalue weighted by molar-refractivity contribution is 0.395. The van der Waals surface area contributed by atoms with Gasteiger partial charge in [-0.25, -0.2) is 0 Å². The molecule has 2 atom stereocenters. The lowest BCUT2D eigenvalue weighted by Gasteiger charge is -2.45. The number of hydrogen-bond donors (Lipinski definition) is 0. The highest BCUT2D eigenvalue weighted by molar-refractivity contribution is 5.86. The van der Waals surface area contributed by atoms with E-state index >= 15 is 0 Å². The first kappa shape index (κ1) is 19.7. The van der Waals surface area contributed by atoms with Crippen molar-refractivity contribution >= 4 is 17.6 Å². The molecule has 2 nitrogen and oxygen atoms in total. The van der Waals surface area contributed by atoms with Gasteiger partial charge in [-0.05, 0) is 92.0 Å². The molecule has 0 radical (unpaired) electrons. The molecule has 3 rings (SSSR count). The van der Waals surface area contributed by atoms with E-state index in [9.17, 15) is 0 Å². The van der Waals surface area contributed by atoms with Crippen LogP contribution in [0.4, 0.5) is 11.4 Å². The molecule has 1 aliphatic rings. The zero-order chi connectivity index (χ0) is 19.8. The number of benzene rings is 2. The molecular formula is C25H34N2. The molecule has 0 aromatic heterocycles. The minimum Gasteiger partial charge on any atom is -0.369 e. The smallest absolute Gasteiger partial charge is 0.0630 e. The molecule has 2 aromatic carbocycles. The van der Waals surface area contributed by atoms with Crippen LogP contribution in [0.3, 0.4) is 0 Å². The second-order valence-electron chi connectivity index (χ2n) is 8.90. The van der Waals surface area contributed by atoms with Crippen LogP contribution in [0.25, 0.3) is 0 Å². The summed E-state index contributed by atoms with van der Waals surface area (Å²) in [6, 6.07) is 13.4. The minimum atomic E-state index is 0.200. The molecule has 0 amide bonds. The highest BCUT2D eigenvalue weighted by Crippen LogP contribution is 2.43. The summed E-state index contributed by atoms with van der Waals surface area (Å²) in [5.74, 6) is 1.17. The largest absolute Gasteiger partial charge is 0.369 e. The SMILES string of the molecule is CCC(C)c1ccc(N=Cc2cc3c(cc2C)N(C)C(C)(C)CC3C)cc1. The third kappa shape index (κ3) is 3.95. The fourth-order valence-electron chi connectivity index (χ4n) is 4.14. The van der Waals surface area contributed by atoms with E-state index in [4.69, 9.17) is 4.99 Å². The Labute approximate surface area is 165 Å². The normalized spacial score (nSPS) is 20.0. The van der Waals surface area contributed by atoms with Crippen LogP contribution in [0.15, 0.2) is 41.4 Å². The van der Waals surface area contributed by atoms with Crippen LogP contribution in [-0.2, 0) is 0 Å². The summed E-state index contributed by atoms with van der Waals surface area (Å²) in [4.78, 5) is 7.18. The van der Waals surface area contributed by atoms with Gasteiger partial charge in [0.2, 0.25) is 0 Å². The van der Waals surface area contributed by atoms with E-state index in [0.29, 0.717) is 11.8 Å². The monoisotopic (exact) mass is 362 g/mol. The molecule has 1 heterocycles. The Morgan fingerprint density at radius 1 is 1.22 bits per heavy atom. The summed E-state index contributed by atoms with van der Waals surface area (Å²) < 4.78 is 0. The molecule has 27 heavy (non-hydrogen) atoms. The molecule has 2 aromatic rings. The lowest BCUT2D eigenvalue weighted by Crippen LogP contribution is -2.45. The van der Waals surface area contributed by atoms with Gasteiger partial charge in [0.05, 0.1) is 5.69 Å². The van der Waals surface area contributed by atoms with Crippen molar-refractivity contribution in [3.8, 4) is 0 Å². The van der Waals surface area contributed by atoms with Gasteiger partial charge in [-0.3, -0.25) is 4.99 Å². The lowest BCUT2D eigenvalue weighted by atomic mass is 9.79. The van der Waals surface area contributed by atoms with Crippen LogP contribution >= 0.6 is 0 Å². The van der Waals surface area contributed by atoms with E-state index in [1.165, 1.54) is 40.8 Å². The van der Waals surface area contributed by atoms with Gasteiger partial charge in [0, 0.05) is 24.5 Å². The first-order valence-electron chi connectivity index (χ1n) is 10.3. The summed E-state index contributed by atoms with van der Waals surface area (Å²) in [7, 11) is 2.22. The second kappa shape index (κ2) is 7.50. The highest BCUT2D eigenvalue weighted by Gasteiger charge is 2.34. The third-order valence-corrected chi connectivity index (χ3v) is 6.45. The predicted molar refractivity (Wildman–Crippen MR) is 119 cm³/mol. The molecule has 2 unspecified atom stereocenters. The zero-order valence-corrected chi connectivity index (χ0v) is 18.0. The molecule has 1 aliphatic heterocycles. The standard InChI is InChI=1S/C25H34N2/c1-8-17(2)20-9-11-22(12-10-20)26-16-21-14-23-19(4)15-25(5,6)27(7)24(23)13-18(21)3/h9-14,16-17,19H,8,15H2,1-7H3. The van der Waals surface area contributed by atoms with Crippen molar-refractivity contribution in [3.63, 3.8) is 0 Å². The number of hydrogen-bond acceptors (Lipinski definition) is 2. The van der Waals surface area contributed by atoms with Crippen molar-refractivity contribution in [2.24, 2.45) is 4.99 Å². The van der Waals surface area contributed by atoms with Gasteiger partial charge in [-0.15, -0.1) is 0 Å². The molecule has 0 aliphatic carbocycles. The fourth-order valence-corrected chi connectivity index (χ4v) is 4.14. The van der Waals surface area contributed by atoms with E-state index in [2.05, 4.69) is 89.9 Å². The maximum Gasteiger partial charge on any atom is 0.0630 e. The average Bonchev–Trinajstić information content (AvgIpc) is 2.64. The van der Waals surface area contributed by atoms with Gasteiger partial charge >= 0.3 is 0 Å². The van der Waals surface area contributed by atoms with Crippen LogP contribution in [0.1, 0.15) is 81.5 Å². The van der Waals surface area contributed by atoms with Crippen LogP contribution in [-0.4, -0.2) is 18.8 Å². The van der Waals surface area contributed by atoms with E-state index in [1.807, 2.05) is 6.21 Å². The Hall–Kier alpha value is -2.09. The molecule has 0 fully saturated rings. The van der Waals surface area contributed by atoms with Crippen molar-refractivity contribution < 1.29 is 0 Å². The summed E-state index contributed by atoms with van der Waals surface area (Å²) in [5, 5.41) is 0. The van der Waals surface area contributed by atoms with Crippen molar-refractivity contribution in [2.45, 2.75) is 71.8 Å². The van der Waals surface area contributed by atoms with Crippen molar-refractivity contribution in [3.05, 3.63) is 58.7 Å². The second-order valence-corrected chi connectivity index (χ2v) is 8.90. The third-order valence-electron chi connectivity index (χ3n) is 6.45. The van der Waals surface area contributed by atoms with E-state index in [-0.39, 0.29) is 5.54 Å². The van der Waals surface area contributed by atoms with Crippen LogP contribution < -0.4 is 4.90 Å².